The van der Waals surface area contributed by atoms with E-state index in [-0.39, 0.29) is 0 Å². The van der Waals surface area contributed by atoms with Gasteiger partial charge >= 0.3 is 0 Å². The molecule has 52 heavy (non-hydrogen) atoms. The number of aromatic nitrogens is 5. The fraction of sp³-hybridized carbons (Fsp3) is 0.0435. The van der Waals surface area contributed by atoms with Crippen molar-refractivity contribution in [2.24, 2.45) is 0 Å². The number of rotatable bonds is 5. The largest absolute Gasteiger partial charge is 0.308 e. The molecule has 0 amide bonds. The maximum absolute atomic E-state index is 5.30. The van der Waals surface area contributed by atoms with Gasteiger partial charge in [0.2, 0.25) is 0 Å². The molecule has 0 saturated carbocycles. The Morgan fingerprint density at radius 3 is 1.58 bits per heavy atom. The first-order valence-corrected chi connectivity index (χ1v) is 18.2. The molecule has 0 aliphatic carbocycles. The lowest BCUT2D eigenvalue weighted by atomic mass is 10.0. The van der Waals surface area contributed by atoms with Gasteiger partial charge in [0, 0.05) is 48.8 Å². The highest BCUT2D eigenvalue weighted by atomic mass is 32.1. The van der Waals surface area contributed by atoms with Crippen LogP contribution in [0.1, 0.15) is 11.1 Å². The fourth-order valence-electron chi connectivity index (χ4n) is 7.15. The van der Waals surface area contributed by atoms with E-state index in [1.807, 2.05) is 11.3 Å². The second-order valence-electron chi connectivity index (χ2n) is 13.3. The second kappa shape index (κ2) is 12.1. The van der Waals surface area contributed by atoms with Crippen molar-refractivity contribution in [2.45, 2.75) is 13.8 Å². The maximum Gasteiger partial charge on any atom is 0.164 e. The van der Waals surface area contributed by atoms with Gasteiger partial charge in [-0.1, -0.05) is 126 Å². The summed E-state index contributed by atoms with van der Waals surface area (Å²) in [5.41, 5.74) is 11.7. The van der Waals surface area contributed by atoms with Crippen LogP contribution in [0.5, 0.6) is 0 Å². The topological polar surface area (TPSA) is 56.5 Å². The molecule has 0 bridgehead atoms. The van der Waals surface area contributed by atoms with E-state index in [0.29, 0.717) is 17.5 Å². The van der Waals surface area contributed by atoms with Crippen LogP contribution in [-0.2, 0) is 0 Å². The molecule has 4 heterocycles. The van der Waals surface area contributed by atoms with Gasteiger partial charge in [0.05, 0.1) is 26.9 Å². The third-order valence-corrected chi connectivity index (χ3v) is 11.0. The summed E-state index contributed by atoms with van der Waals surface area (Å²) >= 11 is 1.86. The number of para-hydroxylation sites is 2. The first kappa shape index (κ1) is 30.3. The van der Waals surface area contributed by atoms with Crippen LogP contribution >= 0.6 is 11.3 Å². The highest BCUT2D eigenvalue weighted by Crippen LogP contribution is 2.47. The number of hydrogen-bond donors (Lipinski definition) is 0. The number of benzene rings is 6. The van der Waals surface area contributed by atoms with E-state index in [2.05, 4.69) is 170 Å². The van der Waals surface area contributed by atoms with Crippen molar-refractivity contribution in [1.82, 2.24) is 24.5 Å². The third-order valence-electron chi connectivity index (χ3n) is 9.80. The Morgan fingerprint density at radius 2 is 0.962 bits per heavy atom. The summed E-state index contributed by atoms with van der Waals surface area (Å²) in [6.07, 6.45) is 0. The molecule has 0 N–H and O–H groups in total. The summed E-state index contributed by atoms with van der Waals surface area (Å²) in [6.45, 7) is 4.17. The summed E-state index contributed by atoms with van der Waals surface area (Å²) in [5, 5.41) is 3.58. The SMILES string of the molecule is Cc1ccc(-c2nc(-c3ccc(C)cc3)nc(-c3ccc(-n4c5ccccc5c5sc6c7ccccc7nc(-c7ccccc7)c6c54)cc3)n2)cc1. The first-order valence-electron chi connectivity index (χ1n) is 17.4. The van der Waals surface area contributed by atoms with E-state index >= 15 is 0 Å². The van der Waals surface area contributed by atoms with Gasteiger partial charge in [-0.15, -0.1) is 11.3 Å². The van der Waals surface area contributed by atoms with Crippen LogP contribution in [0.25, 0.3) is 93.2 Å². The molecule has 0 unspecified atom stereocenters. The van der Waals surface area contributed by atoms with Gasteiger partial charge in [-0.25, -0.2) is 19.9 Å². The van der Waals surface area contributed by atoms with Crippen molar-refractivity contribution in [3.05, 3.63) is 163 Å². The van der Waals surface area contributed by atoms with Crippen molar-refractivity contribution < 1.29 is 0 Å². The Kier molecular flexibility index (Phi) is 7.05. The molecular formula is C46H31N5S. The normalized spacial score (nSPS) is 11.7. The van der Waals surface area contributed by atoms with E-state index in [1.165, 1.54) is 42.2 Å². The summed E-state index contributed by atoms with van der Waals surface area (Å²) in [4.78, 5) is 20.3. The zero-order valence-corrected chi connectivity index (χ0v) is 29.4. The van der Waals surface area contributed by atoms with E-state index in [1.54, 1.807) is 0 Å². The molecule has 0 saturated heterocycles. The maximum atomic E-state index is 5.30. The number of hydrogen-bond acceptors (Lipinski definition) is 5. The first-order chi connectivity index (χ1) is 25.6. The molecule has 5 nitrogen and oxygen atoms in total. The Bertz CT molecular complexity index is 2880. The summed E-state index contributed by atoms with van der Waals surface area (Å²) in [5.74, 6) is 1.94. The van der Waals surface area contributed by atoms with E-state index in [4.69, 9.17) is 19.9 Å². The molecule has 4 aromatic heterocycles. The molecular weight excluding hydrogens is 655 g/mol. The minimum atomic E-state index is 0.637. The lowest BCUT2D eigenvalue weighted by Gasteiger charge is -2.12. The number of fused-ring (bicyclic) bond motifs is 7. The van der Waals surface area contributed by atoms with Crippen LogP contribution < -0.4 is 0 Å². The third kappa shape index (κ3) is 4.99. The molecule has 246 valence electrons. The van der Waals surface area contributed by atoms with Crippen molar-refractivity contribution in [3.63, 3.8) is 0 Å². The molecule has 10 aromatic rings. The average molecular weight is 686 g/mol. The van der Waals surface area contributed by atoms with Crippen LogP contribution in [0.4, 0.5) is 0 Å². The van der Waals surface area contributed by atoms with Crippen LogP contribution in [0, 0.1) is 13.8 Å². The van der Waals surface area contributed by atoms with Gasteiger partial charge in [-0.05, 0) is 50.2 Å². The van der Waals surface area contributed by atoms with Crippen LogP contribution in [0.15, 0.2) is 152 Å². The fourth-order valence-corrected chi connectivity index (χ4v) is 8.50. The van der Waals surface area contributed by atoms with Gasteiger partial charge < -0.3 is 4.57 Å². The molecule has 6 aromatic carbocycles. The average Bonchev–Trinajstić information content (AvgIpc) is 3.74. The summed E-state index contributed by atoms with van der Waals surface area (Å²) in [7, 11) is 0. The van der Waals surface area contributed by atoms with E-state index in [9.17, 15) is 0 Å². The lowest BCUT2D eigenvalue weighted by molar-refractivity contribution is 1.07. The smallest absolute Gasteiger partial charge is 0.164 e. The molecule has 0 spiro atoms. The molecule has 0 aliphatic rings. The zero-order valence-electron chi connectivity index (χ0n) is 28.6. The monoisotopic (exact) mass is 685 g/mol. The summed E-state index contributed by atoms with van der Waals surface area (Å²) < 4.78 is 4.91. The van der Waals surface area contributed by atoms with Gasteiger partial charge in [0.1, 0.15) is 0 Å². The van der Waals surface area contributed by atoms with Crippen molar-refractivity contribution in [1.29, 1.82) is 0 Å². The minimum absolute atomic E-state index is 0.637. The predicted molar refractivity (Wildman–Crippen MR) is 216 cm³/mol. The highest BCUT2D eigenvalue weighted by Gasteiger charge is 2.23. The number of thiophene rings is 1. The van der Waals surface area contributed by atoms with Gasteiger partial charge in [0.25, 0.3) is 0 Å². The minimum Gasteiger partial charge on any atom is -0.308 e. The number of nitrogens with zero attached hydrogens (tertiary/aromatic N) is 5. The van der Waals surface area contributed by atoms with Crippen LogP contribution in [0.2, 0.25) is 0 Å². The molecule has 10 rings (SSSR count). The van der Waals surface area contributed by atoms with Gasteiger partial charge in [-0.2, -0.15) is 0 Å². The van der Waals surface area contributed by atoms with Crippen LogP contribution in [0.3, 0.4) is 0 Å². The molecule has 6 heteroatoms. The quantitative estimate of drug-likeness (QED) is 0.181. The Morgan fingerprint density at radius 1 is 0.442 bits per heavy atom. The Balaban J connectivity index is 1.18. The van der Waals surface area contributed by atoms with Gasteiger partial charge in [0.15, 0.2) is 17.5 Å². The second-order valence-corrected chi connectivity index (χ2v) is 14.3. The number of pyridine rings is 1. The van der Waals surface area contributed by atoms with Crippen molar-refractivity contribution in [3.8, 4) is 51.1 Å². The Hall–Kier alpha value is -6.50. The standard InChI is InChI=1S/C46H31N5S/c1-28-16-20-31(21-17-28)44-48-45(32-22-18-29(2)19-23-32)50-46(49-44)33-24-26-34(27-25-33)51-38-15-9-7-13-36(38)43-41(51)39-40(30-10-4-3-5-11-30)47-37-14-8-6-12-35(37)42(39)52-43/h3-27H,1-2H3. The van der Waals surface area contributed by atoms with Gasteiger partial charge in [-0.3, -0.25) is 0 Å². The van der Waals surface area contributed by atoms with E-state index in [0.717, 1.165) is 44.7 Å². The summed E-state index contributed by atoms with van der Waals surface area (Å²) in [6, 6.07) is 53.0. The van der Waals surface area contributed by atoms with Crippen molar-refractivity contribution >= 4 is 53.4 Å². The molecule has 0 aliphatic heterocycles. The highest BCUT2D eigenvalue weighted by molar-refractivity contribution is 7.27. The molecule has 0 radical (unpaired) electrons. The Labute approximate surface area is 304 Å². The van der Waals surface area contributed by atoms with Crippen LogP contribution in [-0.4, -0.2) is 24.5 Å². The molecule has 0 fully saturated rings. The zero-order chi connectivity index (χ0) is 34.8. The molecule has 0 atom stereocenters. The number of aryl methyl sites for hydroxylation is 2. The van der Waals surface area contributed by atoms with Crippen molar-refractivity contribution in [2.75, 3.05) is 0 Å². The predicted octanol–water partition coefficient (Wildman–Crippen LogP) is 12.0. The lowest BCUT2D eigenvalue weighted by Crippen LogP contribution is -2.01. The van der Waals surface area contributed by atoms with E-state index < -0.39 is 0 Å².